The molecule has 0 radical (unpaired) electrons. The molecule has 2 aromatic carbocycles. The fraction of sp³-hybridized carbons (Fsp3) is 0.200. The van der Waals surface area contributed by atoms with Crippen LogP contribution in [0.3, 0.4) is 0 Å². The van der Waals surface area contributed by atoms with Crippen LogP contribution in [0, 0.1) is 3.57 Å². The van der Waals surface area contributed by atoms with E-state index in [9.17, 15) is 0 Å². The van der Waals surface area contributed by atoms with Crippen molar-refractivity contribution < 1.29 is 4.74 Å². The van der Waals surface area contributed by atoms with Crippen molar-refractivity contribution in [3.63, 3.8) is 0 Å². The Labute approximate surface area is 136 Å². The minimum Gasteiger partial charge on any atom is -0.493 e. The average molecular weight is 401 g/mol. The molecule has 1 aliphatic rings. The van der Waals surface area contributed by atoms with Gasteiger partial charge in [-0.3, -0.25) is 5.84 Å². The Morgan fingerprint density at radius 2 is 1.95 bits per heavy atom. The van der Waals surface area contributed by atoms with Gasteiger partial charge in [-0.1, -0.05) is 29.8 Å². The van der Waals surface area contributed by atoms with Gasteiger partial charge < -0.3 is 4.74 Å². The molecule has 1 atom stereocenters. The Morgan fingerprint density at radius 3 is 2.70 bits per heavy atom. The molecule has 1 unspecified atom stereocenters. The van der Waals surface area contributed by atoms with Crippen molar-refractivity contribution in [1.82, 2.24) is 5.43 Å². The van der Waals surface area contributed by atoms with Crippen molar-refractivity contribution in [2.75, 3.05) is 6.61 Å². The number of hydrogen-bond acceptors (Lipinski definition) is 3. The van der Waals surface area contributed by atoms with Crippen LogP contribution in [-0.2, 0) is 6.42 Å². The number of halogens is 2. The number of nitrogens with two attached hydrogens (primary N) is 1. The molecule has 3 rings (SSSR count). The summed E-state index contributed by atoms with van der Waals surface area (Å²) in [5.74, 6) is 6.72. The van der Waals surface area contributed by atoms with E-state index in [2.05, 4.69) is 34.1 Å². The van der Waals surface area contributed by atoms with Crippen LogP contribution < -0.4 is 16.0 Å². The van der Waals surface area contributed by atoms with Gasteiger partial charge >= 0.3 is 0 Å². The summed E-state index contributed by atoms with van der Waals surface area (Å²) in [7, 11) is 0. The van der Waals surface area contributed by atoms with Gasteiger partial charge in [-0.25, -0.2) is 5.43 Å². The molecule has 0 saturated carbocycles. The van der Waals surface area contributed by atoms with Crippen molar-refractivity contribution in [3.05, 3.63) is 61.7 Å². The maximum absolute atomic E-state index is 6.20. The number of nitrogens with one attached hydrogen (secondary N) is 1. The highest BCUT2D eigenvalue weighted by molar-refractivity contribution is 14.1. The van der Waals surface area contributed by atoms with Gasteiger partial charge in [0.15, 0.2) is 0 Å². The van der Waals surface area contributed by atoms with E-state index in [1.807, 2.05) is 30.3 Å². The van der Waals surface area contributed by atoms with Gasteiger partial charge in [0.25, 0.3) is 0 Å². The summed E-state index contributed by atoms with van der Waals surface area (Å²) in [5, 5.41) is 0.743. The molecule has 20 heavy (non-hydrogen) atoms. The van der Waals surface area contributed by atoms with Crippen molar-refractivity contribution in [3.8, 4) is 5.75 Å². The molecule has 0 amide bonds. The number of fused-ring (bicyclic) bond motifs is 1. The van der Waals surface area contributed by atoms with Gasteiger partial charge in [0.05, 0.1) is 17.7 Å². The van der Waals surface area contributed by atoms with Crippen LogP contribution >= 0.6 is 34.2 Å². The molecule has 0 spiro atoms. The molecule has 2 aromatic rings. The zero-order valence-corrected chi connectivity index (χ0v) is 13.6. The third kappa shape index (κ3) is 2.65. The molecule has 5 heteroatoms. The summed E-state index contributed by atoms with van der Waals surface area (Å²) in [6, 6.07) is 12.1. The van der Waals surface area contributed by atoms with E-state index in [1.54, 1.807) is 0 Å². The van der Waals surface area contributed by atoms with Crippen LogP contribution in [0.15, 0.2) is 36.4 Å². The lowest BCUT2D eigenvalue weighted by atomic mass is 9.97. The summed E-state index contributed by atoms with van der Waals surface area (Å²) in [5.41, 5.74) is 6.28. The van der Waals surface area contributed by atoms with E-state index < -0.39 is 0 Å². The van der Waals surface area contributed by atoms with Crippen LogP contribution in [-0.4, -0.2) is 6.61 Å². The standard InChI is InChI=1S/C15H14ClIN2O/c16-12-8-11(1-3-13(12)17)15(19-18)10-2-4-14-9(7-10)5-6-20-14/h1-4,7-8,15,19H,5-6,18H2. The van der Waals surface area contributed by atoms with Crippen LogP contribution in [0.1, 0.15) is 22.7 Å². The van der Waals surface area contributed by atoms with Crippen LogP contribution in [0.2, 0.25) is 5.02 Å². The fourth-order valence-electron chi connectivity index (χ4n) is 2.46. The molecule has 0 aliphatic carbocycles. The summed E-state index contributed by atoms with van der Waals surface area (Å²) in [4.78, 5) is 0. The largest absolute Gasteiger partial charge is 0.493 e. The second-order valence-corrected chi connectivity index (χ2v) is 6.31. The first kappa shape index (κ1) is 14.1. The molecule has 1 aliphatic heterocycles. The second-order valence-electron chi connectivity index (χ2n) is 4.74. The predicted molar refractivity (Wildman–Crippen MR) is 89.0 cm³/mol. The molecule has 1 heterocycles. The van der Waals surface area contributed by atoms with Gasteiger partial charge in [0, 0.05) is 9.99 Å². The monoisotopic (exact) mass is 400 g/mol. The van der Waals surface area contributed by atoms with E-state index in [-0.39, 0.29) is 6.04 Å². The lowest BCUT2D eigenvalue weighted by Gasteiger charge is -2.18. The number of benzene rings is 2. The average Bonchev–Trinajstić information content (AvgIpc) is 2.91. The fourth-order valence-corrected chi connectivity index (χ4v) is 2.99. The van der Waals surface area contributed by atoms with E-state index >= 15 is 0 Å². The molecular weight excluding hydrogens is 387 g/mol. The van der Waals surface area contributed by atoms with E-state index in [0.717, 1.165) is 38.5 Å². The van der Waals surface area contributed by atoms with E-state index in [0.29, 0.717) is 0 Å². The molecule has 3 N–H and O–H groups in total. The van der Waals surface area contributed by atoms with Crippen molar-refractivity contribution in [1.29, 1.82) is 0 Å². The minimum atomic E-state index is -0.0737. The Hall–Kier alpha value is -0.820. The highest BCUT2D eigenvalue weighted by Gasteiger charge is 2.18. The molecule has 3 nitrogen and oxygen atoms in total. The molecule has 0 saturated heterocycles. The second kappa shape index (κ2) is 5.89. The molecule has 0 fully saturated rings. The van der Waals surface area contributed by atoms with Gasteiger partial charge in [0.2, 0.25) is 0 Å². The Bertz CT molecular complexity index is 648. The molecule has 0 bridgehead atoms. The SMILES string of the molecule is NNC(c1ccc(I)c(Cl)c1)c1ccc2c(c1)CCO2. The Balaban J connectivity index is 1.98. The summed E-state index contributed by atoms with van der Waals surface area (Å²) >= 11 is 8.42. The van der Waals surface area contributed by atoms with Gasteiger partial charge in [0.1, 0.15) is 5.75 Å². The van der Waals surface area contributed by atoms with E-state index in [4.69, 9.17) is 22.2 Å². The number of hydrazine groups is 1. The predicted octanol–water partition coefficient (Wildman–Crippen LogP) is 3.43. The quantitative estimate of drug-likeness (QED) is 0.471. The Morgan fingerprint density at radius 1 is 1.20 bits per heavy atom. The number of rotatable bonds is 3. The van der Waals surface area contributed by atoms with Crippen LogP contribution in [0.5, 0.6) is 5.75 Å². The highest BCUT2D eigenvalue weighted by atomic mass is 127. The Kier molecular flexibility index (Phi) is 4.16. The maximum Gasteiger partial charge on any atom is 0.122 e. The summed E-state index contributed by atoms with van der Waals surface area (Å²) < 4.78 is 6.57. The number of ether oxygens (including phenoxy) is 1. The molecule has 0 aromatic heterocycles. The van der Waals surface area contributed by atoms with Gasteiger partial charge in [-0.15, -0.1) is 0 Å². The third-order valence-corrected chi connectivity index (χ3v) is 5.06. The number of hydrogen-bond donors (Lipinski definition) is 2. The lowest BCUT2D eigenvalue weighted by molar-refractivity contribution is 0.357. The summed E-state index contributed by atoms with van der Waals surface area (Å²) in [6.07, 6.45) is 0.952. The van der Waals surface area contributed by atoms with Crippen LogP contribution in [0.4, 0.5) is 0 Å². The lowest BCUT2D eigenvalue weighted by Crippen LogP contribution is -2.28. The van der Waals surface area contributed by atoms with Crippen molar-refractivity contribution >= 4 is 34.2 Å². The zero-order chi connectivity index (χ0) is 14.1. The molecular formula is C15H14ClIN2O. The normalized spacial score (nSPS) is 14.8. The first-order valence-electron chi connectivity index (χ1n) is 6.36. The topological polar surface area (TPSA) is 47.3 Å². The first-order valence-corrected chi connectivity index (χ1v) is 7.81. The highest BCUT2D eigenvalue weighted by Crippen LogP contribution is 2.31. The van der Waals surface area contributed by atoms with Gasteiger partial charge in [-0.05, 0) is 57.5 Å². The smallest absolute Gasteiger partial charge is 0.122 e. The maximum atomic E-state index is 6.20. The van der Waals surface area contributed by atoms with Crippen LogP contribution in [0.25, 0.3) is 0 Å². The van der Waals surface area contributed by atoms with Crippen molar-refractivity contribution in [2.24, 2.45) is 5.84 Å². The first-order chi connectivity index (χ1) is 9.69. The van der Waals surface area contributed by atoms with Crippen molar-refractivity contribution in [2.45, 2.75) is 12.5 Å². The summed E-state index contributed by atoms with van der Waals surface area (Å²) in [6.45, 7) is 0.759. The third-order valence-electron chi connectivity index (χ3n) is 3.49. The molecule has 104 valence electrons. The zero-order valence-electron chi connectivity index (χ0n) is 10.7. The minimum absolute atomic E-state index is 0.0737. The van der Waals surface area contributed by atoms with E-state index in [1.165, 1.54) is 5.56 Å². The van der Waals surface area contributed by atoms with Gasteiger partial charge in [-0.2, -0.15) is 0 Å².